The van der Waals surface area contributed by atoms with Crippen molar-refractivity contribution in [3.8, 4) is 16.9 Å². The zero-order valence-electron chi connectivity index (χ0n) is 18.4. The van der Waals surface area contributed by atoms with Crippen molar-refractivity contribution in [2.24, 2.45) is 5.73 Å². The molecule has 0 unspecified atom stereocenters. The van der Waals surface area contributed by atoms with Gasteiger partial charge in [0.15, 0.2) is 0 Å². The Bertz CT molecular complexity index is 1260. The number of benzene rings is 3. The standard InChI is InChI=1S/C25H21N3O7/c26-23(29)13-20(24(30)35-22-12-6-5-11-21(22)28(32)33)27-25(31)34-14-19-17-9-3-1-7-15(17)16-8-2-4-10-18(16)19/h1-12,19-20H,13-14H2,(H2,26,29)(H,27,31)/t20-/m0/s1. The number of hydrogen-bond acceptors (Lipinski definition) is 7. The van der Waals surface area contributed by atoms with Gasteiger partial charge in [-0.1, -0.05) is 60.7 Å². The van der Waals surface area contributed by atoms with E-state index in [4.69, 9.17) is 15.2 Å². The number of nitro groups is 1. The lowest BCUT2D eigenvalue weighted by atomic mass is 9.98. The van der Waals surface area contributed by atoms with Gasteiger partial charge in [-0.3, -0.25) is 14.9 Å². The van der Waals surface area contributed by atoms with Crippen LogP contribution in [0.1, 0.15) is 23.5 Å². The van der Waals surface area contributed by atoms with E-state index in [1.165, 1.54) is 18.2 Å². The van der Waals surface area contributed by atoms with E-state index >= 15 is 0 Å². The monoisotopic (exact) mass is 475 g/mol. The second-order valence-corrected chi connectivity index (χ2v) is 7.84. The van der Waals surface area contributed by atoms with Crippen molar-refractivity contribution in [1.82, 2.24) is 5.32 Å². The summed E-state index contributed by atoms with van der Waals surface area (Å²) in [6.07, 6.45) is -1.54. The Morgan fingerprint density at radius 3 is 2.11 bits per heavy atom. The van der Waals surface area contributed by atoms with Crippen LogP contribution in [0.4, 0.5) is 10.5 Å². The molecule has 0 saturated carbocycles. The lowest BCUT2D eigenvalue weighted by molar-refractivity contribution is -0.385. The van der Waals surface area contributed by atoms with Crippen LogP contribution in [0.25, 0.3) is 11.1 Å². The molecule has 10 nitrogen and oxygen atoms in total. The van der Waals surface area contributed by atoms with Gasteiger partial charge in [-0.05, 0) is 28.3 Å². The van der Waals surface area contributed by atoms with E-state index in [2.05, 4.69) is 5.32 Å². The molecule has 178 valence electrons. The first kappa shape index (κ1) is 23.4. The number of carbonyl (C=O) groups excluding carboxylic acids is 3. The Balaban J connectivity index is 1.45. The number of hydrogen-bond donors (Lipinski definition) is 2. The molecule has 0 spiro atoms. The van der Waals surface area contributed by atoms with E-state index in [1.807, 2.05) is 48.5 Å². The molecule has 35 heavy (non-hydrogen) atoms. The van der Waals surface area contributed by atoms with Gasteiger partial charge in [-0.15, -0.1) is 0 Å². The molecule has 1 aliphatic rings. The molecule has 0 bridgehead atoms. The van der Waals surface area contributed by atoms with Gasteiger partial charge >= 0.3 is 17.7 Å². The maximum atomic E-state index is 12.6. The molecular formula is C25H21N3O7. The second-order valence-electron chi connectivity index (χ2n) is 7.84. The summed E-state index contributed by atoms with van der Waals surface area (Å²) in [6.45, 7) is -0.0116. The van der Waals surface area contributed by atoms with E-state index in [0.29, 0.717) is 0 Å². The van der Waals surface area contributed by atoms with Gasteiger partial charge in [0, 0.05) is 12.0 Å². The SMILES string of the molecule is NC(=O)C[C@H](NC(=O)OCC1c2ccccc2-c2ccccc21)C(=O)Oc1ccccc1[N+](=O)[O-]. The van der Waals surface area contributed by atoms with Gasteiger partial charge in [-0.25, -0.2) is 9.59 Å². The molecule has 2 amide bonds. The molecule has 0 heterocycles. The predicted molar refractivity (Wildman–Crippen MR) is 125 cm³/mol. The number of primary amides is 1. The molecule has 0 aliphatic heterocycles. The fourth-order valence-corrected chi connectivity index (χ4v) is 4.05. The summed E-state index contributed by atoms with van der Waals surface area (Å²) in [5.74, 6) is -2.51. The molecule has 3 N–H and O–H groups in total. The second kappa shape index (κ2) is 10.0. The van der Waals surface area contributed by atoms with E-state index < -0.39 is 41.0 Å². The number of nitrogens with two attached hydrogens (primary N) is 1. The van der Waals surface area contributed by atoms with Crippen molar-refractivity contribution in [2.75, 3.05) is 6.61 Å². The number of ether oxygens (including phenoxy) is 2. The molecule has 3 aromatic carbocycles. The highest BCUT2D eigenvalue weighted by molar-refractivity contribution is 5.89. The van der Waals surface area contributed by atoms with Crippen LogP contribution in [0.5, 0.6) is 5.75 Å². The number of carbonyl (C=O) groups is 3. The largest absolute Gasteiger partial charge is 0.449 e. The summed E-state index contributed by atoms with van der Waals surface area (Å²) in [4.78, 5) is 47.1. The van der Waals surface area contributed by atoms with Gasteiger partial charge in [0.2, 0.25) is 11.7 Å². The third-order valence-electron chi connectivity index (χ3n) is 5.60. The summed E-state index contributed by atoms with van der Waals surface area (Å²) in [5.41, 5.74) is 8.88. The van der Waals surface area contributed by atoms with Crippen LogP contribution in [0, 0.1) is 10.1 Å². The Labute approximate surface area is 199 Å². The van der Waals surface area contributed by atoms with Gasteiger partial charge in [0.25, 0.3) is 0 Å². The van der Waals surface area contributed by atoms with E-state index in [-0.39, 0.29) is 18.3 Å². The molecular weight excluding hydrogens is 454 g/mol. The maximum Gasteiger partial charge on any atom is 0.407 e. The minimum absolute atomic E-state index is 0.0116. The number of nitrogens with one attached hydrogen (secondary N) is 1. The lowest BCUT2D eigenvalue weighted by Gasteiger charge is -2.18. The fraction of sp³-hybridized carbons (Fsp3) is 0.160. The van der Waals surface area contributed by atoms with Crippen molar-refractivity contribution in [3.63, 3.8) is 0 Å². The number of fused-ring (bicyclic) bond motifs is 3. The van der Waals surface area contributed by atoms with Gasteiger partial charge in [0.05, 0.1) is 11.3 Å². The number of nitrogens with zero attached hydrogens (tertiary/aromatic N) is 1. The van der Waals surface area contributed by atoms with E-state index in [0.717, 1.165) is 28.3 Å². The smallest absolute Gasteiger partial charge is 0.407 e. The first-order valence-electron chi connectivity index (χ1n) is 10.7. The first-order valence-corrected chi connectivity index (χ1v) is 10.7. The molecule has 10 heteroatoms. The van der Waals surface area contributed by atoms with E-state index in [9.17, 15) is 24.5 Å². The van der Waals surface area contributed by atoms with Crippen LogP contribution in [-0.4, -0.2) is 35.5 Å². The zero-order chi connectivity index (χ0) is 24.9. The Kier molecular flexibility index (Phi) is 6.72. The van der Waals surface area contributed by atoms with Crippen molar-refractivity contribution in [3.05, 3.63) is 94.0 Å². The number of rotatable bonds is 8. The molecule has 1 atom stereocenters. The van der Waals surface area contributed by atoms with Gasteiger partial charge in [-0.2, -0.15) is 0 Å². The van der Waals surface area contributed by atoms with Crippen LogP contribution >= 0.6 is 0 Å². The zero-order valence-corrected chi connectivity index (χ0v) is 18.4. The van der Waals surface area contributed by atoms with Crippen LogP contribution in [0.15, 0.2) is 72.8 Å². The quantitative estimate of drug-likeness (QED) is 0.220. The average Bonchev–Trinajstić information content (AvgIpc) is 3.16. The summed E-state index contributed by atoms with van der Waals surface area (Å²) >= 11 is 0. The molecule has 0 radical (unpaired) electrons. The summed E-state index contributed by atoms with van der Waals surface area (Å²) in [7, 11) is 0. The van der Waals surface area contributed by atoms with Crippen LogP contribution in [0.2, 0.25) is 0 Å². The van der Waals surface area contributed by atoms with Crippen molar-refractivity contribution < 1.29 is 28.8 Å². The lowest BCUT2D eigenvalue weighted by Crippen LogP contribution is -2.45. The maximum absolute atomic E-state index is 12.6. The molecule has 4 rings (SSSR count). The van der Waals surface area contributed by atoms with Crippen LogP contribution in [-0.2, 0) is 14.3 Å². The number of alkyl carbamates (subject to hydrolysis) is 1. The van der Waals surface area contributed by atoms with Crippen molar-refractivity contribution >= 4 is 23.7 Å². The molecule has 0 saturated heterocycles. The third-order valence-corrected chi connectivity index (χ3v) is 5.60. The third kappa shape index (κ3) is 5.11. The van der Waals surface area contributed by atoms with Crippen LogP contribution < -0.4 is 15.8 Å². The number of para-hydroxylation sites is 2. The first-order chi connectivity index (χ1) is 16.8. The summed E-state index contributed by atoms with van der Waals surface area (Å²) in [6, 6.07) is 19.3. The minimum Gasteiger partial charge on any atom is -0.449 e. The number of nitro benzene ring substituents is 1. The number of esters is 1. The average molecular weight is 475 g/mol. The molecule has 3 aromatic rings. The van der Waals surface area contributed by atoms with Crippen molar-refractivity contribution in [1.29, 1.82) is 0 Å². The topological polar surface area (TPSA) is 151 Å². The molecule has 0 aromatic heterocycles. The molecule has 1 aliphatic carbocycles. The number of amides is 2. The van der Waals surface area contributed by atoms with Crippen molar-refractivity contribution in [2.45, 2.75) is 18.4 Å². The fourth-order valence-electron chi connectivity index (χ4n) is 4.05. The van der Waals surface area contributed by atoms with E-state index in [1.54, 1.807) is 0 Å². The highest BCUT2D eigenvalue weighted by atomic mass is 16.6. The highest BCUT2D eigenvalue weighted by Gasteiger charge is 2.31. The normalized spacial score (nSPS) is 12.7. The Morgan fingerprint density at radius 1 is 0.943 bits per heavy atom. The molecule has 0 fully saturated rings. The van der Waals surface area contributed by atoms with Gasteiger partial charge < -0.3 is 20.5 Å². The predicted octanol–water partition coefficient (Wildman–Crippen LogP) is 3.28. The van der Waals surface area contributed by atoms with Gasteiger partial charge in [0.1, 0.15) is 12.6 Å². The van der Waals surface area contributed by atoms with Crippen LogP contribution in [0.3, 0.4) is 0 Å². The summed E-state index contributed by atoms with van der Waals surface area (Å²) < 4.78 is 10.5. The Hall–Kier alpha value is -4.73. The minimum atomic E-state index is -1.50. The summed E-state index contributed by atoms with van der Waals surface area (Å²) in [5, 5.41) is 13.4. The highest BCUT2D eigenvalue weighted by Crippen LogP contribution is 2.44. The Morgan fingerprint density at radius 2 is 1.51 bits per heavy atom.